The minimum atomic E-state index is -0.771. The van der Waals surface area contributed by atoms with Crippen LogP contribution in [-0.2, 0) is 6.42 Å². The molecule has 0 saturated heterocycles. The first-order chi connectivity index (χ1) is 11.7. The number of halogens is 2. The zero-order valence-corrected chi connectivity index (χ0v) is 14.1. The summed E-state index contributed by atoms with van der Waals surface area (Å²) in [4.78, 5) is 0. The van der Waals surface area contributed by atoms with Gasteiger partial charge < -0.3 is 0 Å². The fourth-order valence-electron chi connectivity index (χ4n) is 3.45. The molecule has 0 amide bonds. The molecule has 24 heavy (non-hydrogen) atoms. The summed E-state index contributed by atoms with van der Waals surface area (Å²) in [5.74, 6) is -0.0720. The number of unbranched alkanes of at least 4 members (excludes halogenated alkanes) is 1. The van der Waals surface area contributed by atoms with E-state index >= 15 is 0 Å². The SMILES string of the molecule is N#CC=CC=C[C@H]1CC[C@H](CCCCc2ccc(F)c(F)c2)CC1. The van der Waals surface area contributed by atoms with Gasteiger partial charge in [-0.2, -0.15) is 5.26 Å². The van der Waals surface area contributed by atoms with Crippen LogP contribution in [0.1, 0.15) is 50.5 Å². The lowest BCUT2D eigenvalue weighted by Crippen LogP contribution is -2.13. The molecule has 1 aromatic rings. The molecule has 1 aromatic carbocycles. The Labute approximate surface area is 143 Å². The Hall–Kier alpha value is -1.95. The number of benzene rings is 1. The van der Waals surface area contributed by atoms with E-state index in [1.807, 2.05) is 12.1 Å². The van der Waals surface area contributed by atoms with Gasteiger partial charge in [-0.05, 0) is 68.1 Å². The van der Waals surface area contributed by atoms with Crippen molar-refractivity contribution >= 4 is 0 Å². The lowest BCUT2D eigenvalue weighted by atomic mass is 9.79. The zero-order chi connectivity index (χ0) is 17.2. The minimum Gasteiger partial charge on any atom is -0.204 e. The fraction of sp³-hybridized carbons (Fsp3) is 0.476. The summed E-state index contributed by atoms with van der Waals surface area (Å²) in [6, 6.07) is 6.19. The third kappa shape index (κ3) is 6.28. The predicted octanol–water partition coefficient (Wildman–Crippen LogP) is 6.12. The number of rotatable bonds is 7. The van der Waals surface area contributed by atoms with Crippen LogP contribution in [0.2, 0.25) is 0 Å². The molecule has 0 aliphatic heterocycles. The molecule has 1 nitrogen and oxygen atoms in total. The molecular weight excluding hydrogens is 304 g/mol. The second-order valence-electron chi connectivity index (χ2n) is 6.65. The van der Waals surface area contributed by atoms with Gasteiger partial charge in [0.1, 0.15) is 0 Å². The lowest BCUT2D eigenvalue weighted by molar-refractivity contribution is 0.289. The molecule has 1 saturated carbocycles. The molecule has 1 fully saturated rings. The highest BCUT2D eigenvalue weighted by Crippen LogP contribution is 2.32. The molecule has 3 heteroatoms. The van der Waals surface area contributed by atoms with Crippen LogP contribution >= 0.6 is 0 Å². The number of hydrogen-bond acceptors (Lipinski definition) is 1. The molecule has 2 rings (SSSR count). The highest BCUT2D eigenvalue weighted by molar-refractivity contribution is 5.17. The van der Waals surface area contributed by atoms with Crippen molar-refractivity contribution in [3.05, 3.63) is 59.7 Å². The molecule has 0 atom stereocenters. The second-order valence-corrected chi connectivity index (χ2v) is 6.65. The molecule has 128 valence electrons. The molecule has 1 aliphatic rings. The summed E-state index contributed by atoms with van der Waals surface area (Å²) in [7, 11) is 0. The van der Waals surface area contributed by atoms with E-state index in [-0.39, 0.29) is 0 Å². The molecule has 0 spiro atoms. The normalized spacial score (nSPS) is 21.4. The standard InChI is InChI=1S/C21H25F2N/c22-20-14-13-19(16-21(20)23)8-4-3-7-18-11-9-17(10-12-18)6-2-1-5-15-24/h1-2,5-6,13-14,16-18H,3-4,7-12H2/t17-,18-. The van der Waals surface area contributed by atoms with Gasteiger partial charge >= 0.3 is 0 Å². The Balaban J connectivity index is 1.61. The van der Waals surface area contributed by atoms with Crippen molar-refractivity contribution in [1.82, 2.24) is 0 Å². The van der Waals surface area contributed by atoms with Crippen molar-refractivity contribution in [1.29, 1.82) is 5.26 Å². The molecule has 0 unspecified atom stereocenters. The van der Waals surface area contributed by atoms with Crippen LogP contribution in [0.15, 0.2) is 42.5 Å². The van der Waals surface area contributed by atoms with E-state index in [0.29, 0.717) is 5.92 Å². The first-order valence-corrected chi connectivity index (χ1v) is 8.86. The quantitative estimate of drug-likeness (QED) is 0.336. The van der Waals surface area contributed by atoms with Gasteiger partial charge in [0.25, 0.3) is 0 Å². The van der Waals surface area contributed by atoms with Crippen LogP contribution < -0.4 is 0 Å². The van der Waals surface area contributed by atoms with E-state index in [0.717, 1.165) is 30.7 Å². The Morgan fingerprint density at radius 1 is 1.04 bits per heavy atom. The number of nitrogens with zero attached hydrogens (tertiary/aromatic N) is 1. The minimum absolute atomic E-state index is 0.645. The van der Waals surface area contributed by atoms with Gasteiger partial charge in [-0.3, -0.25) is 0 Å². The molecule has 0 radical (unpaired) electrons. The maximum absolute atomic E-state index is 13.1. The third-order valence-electron chi connectivity index (χ3n) is 4.87. The van der Waals surface area contributed by atoms with Crippen molar-refractivity contribution < 1.29 is 8.78 Å². The number of aryl methyl sites for hydroxylation is 1. The Morgan fingerprint density at radius 3 is 2.54 bits per heavy atom. The van der Waals surface area contributed by atoms with E-state index in [2.05, 4.69) is 6.08 Å². The molecule has 0 N–H and O–H groups in total. The number of nitriles is 1. The maximum Gasteiger partial charge on any atom is 0.159 e. The van der Waals surface area contributed by atoms with Gasteiger partial charge in [-0.1, -0.05) is 37.1 Å². The van der Waals surface area contributed by atoms with Crippen LogP contribution in [-0.4, -0.2) is 0 Å². The van der Waals surface area contributed by atoms with Crippen LogP contribution in [0.25, 0.3) is 0 Å². The van der Waals surface area contributed by atoms with Gasteiger partial charge in [0.2, 0.25) is 0 Å². The average Bonchev–Trinajstić information content (AvgIpc) is 2.60. The predicted molar refractivity (Wildman–Crippen MR) is 93.3 cm³/mol. The monoisotopic (exact) mass is 329 g/mol. The van der Waals surface area contributed by atoms with Gasteiger partial charge in [0, 0.05) is 6.08 Å². The summed E-state index contributed by atoms with van der Waals surface area (Å²) in [5.41, 5.74) is 0.883. The molecule has 0 aromatic heterocycles. The highest BCUT2D eigenvalue weighted by Gasteiger charge is 2.18. The Bertz CT molecular complexity index is 605. The van der Waals surface area contributed by atoms with Crippen molar-refractivity contribution in [2.45, 2.75) is 51.4 Å². The summed E-state index contributed by atoms with van der Waals surface area (Å²) >= 11 is 0. The average molecular weight is 329 g/mol. The fourth-order valence-corrected chi connectivity index (χ4v) is 3.45. The van der Waals surface area contributed by atoms with Gasteiger partial charge in [0.05, 0.1) is 6.07 Å². The van der Waals surface area contributed by atoms with Crippen molar-refractivity contribution in [2.75, 3.05) is 0 Å². The van der Waals surface area contributed by atoms with E-state index in [1.54, 1.807) is 12.1 Å². The second kappa shape index (κ2) is 10.0. The largest absolute Gasteiger partial charge is 0.204 e. The maximum atomic E-state index is 13.1. The number of hydrogen-bond donors (Lipinski definition) is 0. The van der Waals surface area contributed by atoms with E-state index in [9.17, 15) is 8.78 Å². The summed E-state index contributed by atoms with van der Waals surface area (Å²) < 4.78 is 26.0. The molecular formula is C21H25F2N. The molecule has 1 aliphatic carbocycles. The smallest absolute Gasteiger partial charge is 0.159 e. The van der Waals surface area contributed by atoms with E-state index in [4.69, 9.17) is 5.26 Å². The summed E-state index contributed by atoms with van der Waals surface area (Å²) in [6.45, 7) is 0. The molecule has 0 heterocycles. The van der Waals surface area contributed by atoms with Crippen molar-refractivity contribution in [3.63, 3.8) is 0 Å². The first kappa shape index (κ1) is 18.4. The van der Waals surface area contributed by atoms with Crippen LogP contribution in [0.4, 0.5) is 8.78 Å². The zero-order valence-electron chi connectivity index (χ0n) is 14.1. The van der Waals surface area contributed by atoms with Crippen molar-refractivity contribution in [2.24, 2.45) is 11.8 Å². The van der Waals surface area contributed by atoms with Crippen LogP contribution in [0.3, 0.4) is 0 Å². The molecule has 0 bridgehead atoms. The topological polar surface area (TPSA) is 23.8 Å². The van der Waals surface area contributed by atoms with Crippen molar-refractivity contribution in [3.8, 4) is 6.07 Å². The van der Waals surface area contributed by atoms with Gasteiger partial charge in [-0.15, -0.1) is 0 Å². The van der Waals surface area contributed by atoms with Crippen LogP contribution in [0.5, 0.6) is 0 Å². The van der Waals surface area contributed by atoms with E-state index in [1.165, 1.54) is 50.3 Å². The Kier molecular flexibility index (Phi) is 7.68. The van der Waals surface area contributed by atoms with Crippen LogP contribution in [0, 0.1) is 34.8 Å². The summed E-state index contributed by atoms with van der Waals surface area (Å²) in [5, 5.41) is 8.43. The van der Waals surface area contributed by atoms with E-state index < -0.39 is 11.6 Å². The first-order valence-electron chi connectivity index (χ1n) is 8.86. The summed E-state index contributed by atoms with van der Waals surface area (Å²) in [6.07, 6.45) is 16.7. The third-order valence-corrected chi connectivity index (χ3v) is 4.87. The highest BCUT2D eigenvalue weighted by atomic mass is 19.2. The Morgan fingerprint density at radius 2 is 1.83 bits per heavy atom. The van der Waals surface area contributed by atoms with Gasteiger partial charge in [-0.25, -0.2) is 8.78 Å². The lowest BCUT2D eigenvalue weighted by Gasteiger charge is -2.26. The number of allylic oxidation sites excluding steroid dienone is 4. The van der Waals surface area contributed by atoms with Gasteiger partial charge in [0.15, 0.2) is 11.6 Å².